The van der Waals surface area contributed by atoms with Crippen molar-refractivity contribution in [2.24, 2.45) is 5.92 Å². The molecule has 1 N–H and O–H groups in total. The zero-order valence-corrected chi connectivity index (χ0v) is 11.3. The van der Waals surface area contributed by atoms with Gasteiger partial charge in [-0.2, -0.15) is 5.10 Å². The fourth-order valence-electron chi connectivity index (χ4n) is 2.66. The van der Waals surface area contributed by atoms with Gasteiger partial charge in [-0.3, -0.25) is 10.00 Å². The summed E-state index contributed by atoms with van der Waals surface area (Å²) in [5.41, 5.74) is 2.05. The average molecular weight is 237 g/mol. The lowest BCUT2D eigenvalue weighted by molar-refractivity contribution is -0.107. The molecule has 1 aliphatic heterocycles. The van der Waals surface area contributed by atoms with Crippen molar-refractivity contribution < 1.29 is 4.74 Å². The molecule has 1 saturated heterocycles. The monoisotopic (exact) mass is 237 g/mol. The van der Waals surface area contributed by atoms with E-state index < -0.39 is 0 Å². The zero-order chi connectivity index (χ0) is 12.5. The highest BCUT2D eigenvalue weighted by molar-refractivity contribution is 5.22. The Labute approximate surface area is 103 Å². The molecule has 17 heavy (non-hydrogen) atoms. The Kier molecular flexibility index (Phi) is 3.54. The Hall–Kier alpha value is -0.870. The number of hydrogen-bond acceptors (Lipinski definition) is 3. The standard InChI is InChI=1S/C13H23N3O/c1-10(2)8-16-5-6-17-13(4,9-16)12-11(3)7-14-15-12/h7,10H,5-6,8-9H2,1-4H3,(H,14,15)/t13-/m0/s1. The van der Waals surface area contributed by atoms with Crippen LogP contribution in [0.25, 0.3) is 0 Å². The van der Waals surface area contributed by atoms with Gasteiger partial charge in [-0.15, -0.1) is 0 Å². The van der Waals surface area contributed by atoms with E-state index in [0.29, 0.717) is 5.92 Å². The van der Waals surface area contributed by atoms with Gasteiger partial charge in [0, 0.05) is 19.6 Å². The van der Waals surface area contributed by atoms with Crippen LogP contribution in [0.4, 0.5) is 0 Å². The molecule has 0 radical (unpaired) electrons. The molecule has 4 heteroatoms. The predicted molar refractivity (Wildman–Crippen MR) is 67.9 cm³/mol. The first-order valence-corrected chi connectivity index (χ1v) is 6.38. The number of hydrogen-bond donors (Lipinski definition) is 1. The van der Waals surface area contributed by atoms with Gasteiger partial charge in [0.25, 0.3) is 0 Å². The molecule has 1 atom stereocenters. The molecule has 2 heterocycles. The molecule has 1 aliphatic rings. The smallest absolute Gasteiger partial charge is 0.119 e. The van der Waals surface area contributed by atoms with Crippen LogP contribution in [0.2, 0.25) is 0 Å². The fraction of sp³-hybridized carbons (Fsp3) is 0.769. The van der Waals surface area contributed by atoms with E-state index in [9.17, 15) is 0 Å². The highest BCUT2D eigenvalue weighted by atomic mass is 16.5. The van der Waals surface area contributed by atoms with Gasteiger partial charge < -0.3 is 4.74 Å². The second kappa shape index (κ2) is 4.78. The minimum Gasteiger partial charge on any atom is -0.366 e. The molecule has 2 rings (SSSR count). The molecule has 4 nitrogen and oxygen atoms in total. The van der Waals surface area contributed by atoms with E-state index in [1.807, 2.05) is 6.20 Å². The number of H-pyrrole nitrogens is 1. The molecular formula is C13H23N3O. The second-order valence-electron chi connectivity index (χ2n) is 5.64. The van der Waals surface area contributed by atoms with Gasteiger partial charge in [-0.1, -0.05) is 13.8 Å². The van der Waals surface area contributed by atoms with Crippen molar-refractivity contribution in [3.63, 3.8) is 0 Å². The Morgan fingerprint density at radius 2 is 2.35 bits per heavy atom. The molecule has 1 aromatic heterocycles. The van der Waals surface area contributed by atoms with Crippen molar-refractivity contribution in [2.75, 3.05) is 26.2 Å². The number of nitrogens with one attached hydrogen (secondary N) is 1. The maximum absolute atomic E-state index is 5.99. The second-order valence-corrected chi connectivity index (χ2v) is 5.64. The SMILES string of the molecule is Cc1cn[nH]c1[C@]1(C)CN(CC(C)C)CCO1. The summed E-state index contributed by atoms with van der Waals surface area (Å²) in [4.78, 5) is 2.48. The Bertz CT molecular complexity index is 374. The van der Waals surface area contributed by atoms with Crippen molar-refractivity contribution in [1.29, 1.82) is 0 Å². The normalized spacial score (nSPS) is 26.6. The minimum atomic E-state index is -0.242. The Balaban J connectivity index is 2.12. The van der Waals surface area contributed by atoms with Crippen LogP contribution in [0.1, 0.15) is 32.0 Å². The first kappa shape index (κ1) is 12.6. The molecule has 0 unspecified atom stereocenters. The van der Waals surface area contributed by atoms with Crippen LogP contribution in [0, 0.1) is 12.8 Å². The average Bonchev–Trinajstić information content (AvgIpc) is 2.64. The maximum Gasteiger partial charge on any atom is 0.119 e. The number of morpholine rings is 1. The van der Waals surface area contributed by atoms with Crippen LogP contribution in [0.15, 0.2) is 6.20 Å². The third kappa shape index (κ3) is 2.69. The van der Waals surface area contributed by atoms with Crippen molar-refractivity contribution in [3.05, 3.63) is 17.5 Å². The van der Waals surface area contributed by atoms with E-state index in [1.54, 1.807) is 0 Å². The van der Waals surface area contributed by atoms with Gasteiger partial charge in [0.2, 0.25) is 0 Å². The zero-order valence-electron chi connectivity index (χ0n) is 11.3. The van der Waals surface area contributed by atoms with Crippen LogP contribution in [0.3, 0.4) is 0 Å². The van der Waals surface area contributed by atoms with Gasteiger partial charge in [0.05, 0.1) is 18.5 Å². The Morgan fingerprint density at radius 1 is 1.59 bits per heavy atom. The number of aryl methyl sites for hydroxylation is 1. The third-order valence-corrected chi connectivity index (χ3v) is 3.33. The van der Waals surface area contributed by atoms with Gasteiger partial charge in [0.15, 0.2) is 0 Å². The molecule has 1 aromatic rings. The number of ether oxygens (including phenoxy) is 1. The molecule has 1 fully saturated rings. The quantitative estimate of drug-likeness (QED) is 0.873. The lowest BCUT2D eigenvalue weighted by Crippen LogP contribution is -2.49. The lowest BCUT2D eigenvalue weighted by Gasteiger charge is -2.40. The minimum absolute atomic E-state index is 0.242. The van der Waals surface area contributed by atoms with Crippen LogP contribution >= 0.6 is 0 Å². The van der Waals surface area contributed by atoms with Gasteiger partial charge in [-0.05, 0) is 25.3 Å². The summed E-state index contributed by atoms with van der Waals surface area (Å²) in [5, 5.41) is 7.19. The first-order chi connectivity index (χ1) is 8.01. The highest BCUT2D eigenvalue weighted by Crippen LogP contribution is 2.30. The van der Waals surface area contributed by atoms with Gasteiger partial charge >= 0.3 is 0 Å². The van der Waals surface area contributed by atoms with Crippen molar-refractivity contribution in [2.45, 2.75) is 33.3 Å². The van der Waals surface area contributed by atoms with Crippen molar-refractivity contribution in [1.82, 2.24) is 15.1 Å². The number of aromatic nitrogens is 2. The molecule has 0 spiro atoms. The largest absolute Gasteiger partial charge is 0.366 e. The van der Waals surface area contributed by atoms with Crippen LogP contribution < -0.4 is 0 Å². The summed E-state index contributed by atoms with van der Waals surface area (Å²) in [6, 6.07) is 0. The predicted octanol–water partition coefficient (Wildman–Crippen LogP) is 1.92. The molecular weight excluding hydrogens is 214 g/mol. The fourth-order valence-corrected chi connectivity index (χ4v) is 2.66. The van der Waals surface area contributed by atoms with Crippen LogP contribution in [-0.4, -0.2) is 41.3 Å². The van der Waals surface area contributed by atoms with Gasteiger partial charge in [0.1, 0.15) is 5.60 Å². The van der Waals surface area contributed by atoms with E-state index in [2.05, 4.69) is 42.8 Å². The number of rotatable bonds is 3. The summed E-state index contributed by atoms with van der Waals surface area (Å²) in [7, 11) is 0. The molecule has 96 valence electrons. The third-order valence-electron chi connectivity index (χ3n) is 3.33. The highest BCUT2D eigenvalue weighted by Gasteiger charge is 2.36. The molecule has 0 saturated carbocycles. The maximum atomic E-state index is 5.99. The van der Waals surface area contributed by atoms with E-state index in [4.69, 9.17) is 4.74 Å². The summed E-state index contributed by atoms with van der Waals surface area (Å²) in [6.45, 7) is 12.6. The van der Waals surface area contributed by atoms with E-state index >= 15 is 0 Å². The van der Waals surface area contributed by atoms with Crippen LogP contribution in [0.5, 0.6) is 0 Å². The lowest BCUT2D eigenvalue weighted by atomic mass is 9.96. The number of nitrogens with zero attached hydrogens (tertiary/aromatic N) is 2. The van der Waals surface area contributed by atoms with E-state index in [0.717, 1.165) is 31.9 Å². The summed E-state index contributed by atoms with van der Waals surface area (Å²) >= 11 is 0. The van der Waals surface area contributed by atoms with Crippen molar-refractivity contribution >= 4 is 0 Å². The molecule has 0 bridgehead atoms. The topological polar surface area (TPSA) is 41.2 Å². The van der Waals surface area contributed by atoms with E-state index in [1.165, 1.54) is 5.56 Å². The summed E-state index contributed by atoms with van der Waals surface area (Å²) < 4.78 is 5.99. The van der Waals surface area contributed by atoms with Crippen LogP contribution in [-0.2, 0) is 10.3 Å². The summed E-state index contributed by atoms with van der Waals surface area (Å²) in [5.74, 6) is 0.695. The van der Waals surface area contributed by atoms with Crippen molar-refractivity contribution in [3.8, 4) is 0 Å². The summed E-state index contributed by atoms with van der Waals surface area (Å²) in [6.07, 6.45) is 1.87. The van der Waals surface area contributed by atoms with Gasteiger partial charge in [-0.25, -0.2) is 0 Å². The van der Waals surface area contributed by atoms with E-state index in [-0.39, 0.29) is 5.60 Å². The first-order valence-electron chi connectivity index (χ1n) is 6.38. The molecule has 0 aromatic carbocycles. The Morgan fingerprint density at radius 3 is 2.94 bits per heavy atom. The number of aromatic amines is 1. The molecule has 0 aliphatic carbocycles. The molecule has 0 amide bonds.